The van der Waals surface area contributed by atoms with Crippen molar-refractivity contribution in [2.75, 3.05) is 6.61 Å². The van der Waals surface area contributed by atoms with Crippen LogP contribution in [0.15, 0.2) is 0 Å². The minimum Gasteiger partial charge on any atom is -0.395 e. The zero-order chi connectivity index (χ0) is 6.83. The second-order valence-electron chi connectivity index (χ2n) is 0.900. The summed E-state index contributed by atoms with van der Waals surface area (Å²) in [5.74, 6) is 5.36. The quantitative estimate of drug-likeness (QED) is 0.511. The number of aliphatic hydroxyl groups excluding tert-OH is 1. The molecule has 0 aromatic rings. The molecule has 0 saturated heterocycles. The predicted octanol–water partition coefficient (Wildman–Crippen LogP) is 1.42. The van der Waals surface area contributed by atoms with E-state index in [0.717, 1.165) is 0 Å². The van der Waals surface area contributed by atoms with Gasteiger partial charge >= 0.3 is 0 Å². The van der Waals surface area contributed by atoms with Crippen LogP contribution in [0.4, 0.5) is 0 Å². The van der Waals surface area contributed by atoms with Gasteiger partial charge in [0.1, 0.15) is 0 Å². The first-order valence-corrected chi connectivity index (χ1v) is 2.92. The molecule has 48 valence electrons. The first-order chi connectivity index (χ1) is 3.91. The van der Waals surface area contributed by atoms with Gasteiger partial charge in [0.15, 0.2) is 0 Å². The van der Waals surface area contributed by atoms with Crippen LogP contribution in [0, 0.1) is 11.8 Å². The highest BCUT2D eigenvalue weighted by molar-refractivity contribution is 4.94. The van der Waals surface area contributed by atoms with E-state index in [1.54, 1.807) is 6.92 Å². The molecular formula is C7H14O. The summed E-state index contributed by atoms with van der Waals surface area (Å²) in [7, 11) is 0. The van der Waals surface area contributed by atoms with E-state index in [0.29, 0.717) is 6.42 Å². The van der Waals surface area contributed by atoms with Crippen molar-refractivity contribution >= 4 is 0 Å². The molecule has 0 amide bonds. The van der Waals surface area contributed by atoms with Gasteiger partial charge in [-0.1, -0.05) is 13.8 Å². The van der Waals surface area contributed by atoms with Crippen LogP contribution in [-0.4, -0.2) is 11.7 Å². The van der Waals surface area contributed by atoms with Gasteiger partial charge in [0.25, 0.3) is 0 Å². The Hall–Kier alpha value is -0.480. The van der Waals surface area contributed by atoms with E-state index in [-0.39, 0.29) is 6.61 Å². The van der Waals surface area contributed by atoms with Crippen LogP contribution in [0.3, 0.4) is 0 Å². The van der Waals surface area contributed by atoms with Gasteiger partial charge in [-0.25, -0.2) is 0 Å². The molecule has 0 aromatic heterocycles. The normalized spacial score (nSPS) is 5.50. The van der Waals surface area contributed by atoms with E-state index in [2.05, 4.69) is 11.8 Å². The predicted molar refractivity (Wildman–Crippen MR) is 36.5 cm³/mol. The molecule has 0 aliphatic carbocycles. The lowest BCUT2D eigenvalue weighted by atomic mass is 10.5. The lowest BCUT2D eigenvalue weighted by Crippen LogP contribution is -1.73. The highest BCUT2D eigenvalue weighted by Gasteiger charge is 1.64. The Kier molecular flexibility index (Phi) is 21.0. The van der Waals surface area contributed by atoms with Gasteiger partial charge in [-0.15, -0.1) is 11.8 Å². The van der Waals surface area contributed by atoms with Gasteiger partial charge in [0, 0.05) is 6.42 Å². The van der Waals surface area contributed by atoms with Crippen LogP contribution < -0.4 is 0 Å². The van der Waals surface area contributed by atoms with Gasteiger partial charge < -0.3 is 5.11 Å². The Labute approximate surface area is 51.7 Å². The molecule has 0 heterocycles. The number of aliphatic hydroxyl groups is 1. The second-order valence-corrected chi connectivity index (χ2v) is 0.900. The minimum absolute atomic E-state index is 0.181. The van der Waals surface area contributed by atoms with Crippen LogP contribution in [0.25, 0.3) is 0 Å². The van der Waals surface area contributed by atoms with Crippen molar-refractivity contribution in [1.82, 2.24) is 0 Å². The molecule has 0 saturated carbocycles. The van der Waals surface area contributed by atoms with Gasteiger partial charge in [0.05, 0.1) is 6.61 Å². The van der Waals surface area contributed by atoms with Gasteiger partial charge in [-0.3, -0.25) is 0 Å². The second kappa shape index (κ2) is 16.0. The molecule has 0 radical (unpaired) electrons. The van der Waals surface area contributed by atoms with Gasteiger partial charge in [0.2, 0.25) is 0 Å². The average Bonchev–Trinajstić information content (AvgIpc) is 1.88. The highest BCUT2D eigenvalue weighted by atomic mass is 16.2. The summed E-state index contributed by atoms with van der Waals surface area (Å²) in [6.45, 7) is 5.94. The zero-order valence-electron chi connectivity index (χ0n) is 5.86. The van der Waals surface area contributed by atoms with Crippen LogP contribution in [0.5, 0.6) is 0 Å². The summed E-state index contributed by atoms with van der Waals surface area (Å²) in [4.78, 5) is 0. The summed E-state index contributed by atoms with van der Waals surface area (Å²) >= 11 is 0. The smallest absolute Gasteiger partial charge is 0.0540 e. The summed E-state index contributed by atoms with van der Waals surface area (Å²) < 4.78 is 0. The summed E-state index contributed by atoms with van der Waals surface area (Å²) in [5.41, 5.74) is 0. The van der Waals surface area contributed by atoms with Crippen LogP contribution in [0.1, 0.15) is 27.2 Å². The van der Waals surface area contributed by atoms with E-state index in [4.69, 9.17) is 5.11 Å². The topological polar surface area (TPSA) is 20.2 Å². The molecule has 0 atom stereocenters. The Morgan fingerprint density at radius 1 is 1.38 bits per heavy atom. The van der Waals surface area contributed by atoms with Gasteiger partial charge in [-0.05, 0) is 6.92 Å². The lowest BCUT2D eigenvalue weighted by molar-refractivity contribution is 0.305. The molecule has 0 spiro atoms. The molecule has 0 aliphatic rings. The SMILES string of the molecule is CC.CC#CCCO. The first-order valence-electron chi connectivity index (χ1n) is 2.92. The fourth-order valence-corrected chi connectivity index (χ4v) is 0.181. The third-order valence-corrected chi connectivity index (χ3v) is 0.414. The standard InChI is InChI=1S/C5H8O.C2H6/c1-2-3-4-5-6;1-2/h6H,4-5H2,1H3;1-2H3. The van der Waals surface area contributed by atoms with E-state index in [1.807, 2.05) is 13.8 Å². The molecule has 0 aromatic carbocycles. The summed E-state index contributed by atoms with van der Waals surface area (Å²) in [6.07, 6.45) is 0.608. The van der Waals surface area contributed by atoms with Crippen molar-refractivity contribution in [3.8, 4) is 11.8 Å². The third-order valence-electron chi connectivity index (χ3n) is 0.414. The monoisotopic (exact) mass is 114 g/mol. The Bertz CT molecular complexity index is 66.2. The maximum Gasteiger partial charge on any atom is 0.0540 e. The molecule has 0 fully saturated rings. The first kappa shape index (κ1) is 10.5. The molecule has 1 nitrogen and oxygen atoms in total. The minimum atomic E-state index is 0.181. The lowest BCUT2D eigenvalue weighted by Gasteiger charge is -1.72. The van der Waals surface area contributed by atoms with Gasteiger partial charge in [-0.2, -0.15) is 0 Å². The summed E-state index contributed by atoms with van der Waals surface area (Å²) in [5, 5.41) is 8.09. The summed E-state index contributed by atoms with van der Waals surface area (Å²) in [6, 6.07) is 0. The maximum absolute atomic E-state index is 8.09. The van der Waals surface area contributed by atoms with Crippen molar-refractivity contribution in [2.45, 2.75) is 27.2 Å². The third kappa shape index (κ3) is 17.8. The van der Waals surface area contributed by atoms with Crippen LogP contribution in [-0.2, 0) is 0 Å². The van der Waals surface area contributed by atoms with Crippen molar-refractivity contribution in [2.24, 2.45) is 0 Å². The van der Waals surface area contributed by atoms with E-state index >= 15 is 0 Å². The Morgan fingerprint density at radius 2 is 1.88 bits per heavy atom. The van der Waals surface area contributed by atoms with Crippen molar-refractivity contribution in [3.05, 3.63) is 0 Å². The Morgan fingerprint density at radius 3 is 2.00 bits per heavy atom. The molecule has 0 aliphatic heterocycles. The fraction of sp³-hybridized carbons (Fsp3) is 0.714. The van der Waals surface area contributed by atoms with Crippen molar-refractivity contribution < 1.29 is 5.11 Å². The van der Waals surface area contributed by atoms with Crippen LogP contribution in [0.2, 0.25) is 0 Å². The fourth-order valence-electron chi connectivity index (χ4n) is 0.181. The van der Waals surface area contributed by atoms with Crippen molar-refractivity contribution in [1.29, 1.82) is 0 Å². The average molecular weight is 114 g/mol. The van der Waals surface area contributed by atoms with E-state index in [1.165, 1.54) is 0 Å². The molecular weight excluding hydrogens is 100 g/mol. The molecule has 8 heavy (non-hydrogen) atoms. The largest absolute Gasteiger partial charge is 0.395 e. The number of hydrogen-bond donors (Lipinski definition) is 1. The number of rotatable bonds is 1. The van der Waals surface area contributed by atoms with Crippen molar-refractivity contribution in [3.63, 3.8) is 0 Å². The molecule has 1 heteroatoms. The van der Waals surface area contributed by atoms with E-state index in [9.17, 15) is 0 Å². The zero-order valence-corrected chi connectivity index (χ0v) is 5.86. The molecule has 0 unspecified atom stereocenters. The maximum atomic E-state index is 8.09. The van der Waals surface area contributed by atoms with E-state index < -0.39 is 0 Å². The number of hydrogen-bond acceptors (Lipinski definition) is 1. The molecule has 1 N–H and O–H groups in total. The Balaban J connectivity index is 0. The molecule has 0 rings (SSSR count). The highest BCUT2D eigenvalue weighted by Crippen LogP contribution is 1.65. The molecule has 0 bridgehead atoms. The van der Waals surface area contributed by atoms with Crippen LogP contribution >= 0.6 is 0 Å².